The molecule has 0 aliphatic rings. The van der Waals surface area contributed by atoms with Gasteiger partial charge >= 0.3 is 30.3 Å². The molecular weight excluding hydrogens is 298 g/mol. The summed E-state index contributed by atoms with van der Waals surface area (Å²) >= 11 is 0. The first-order valence-electron chi connectivity index (χ1n) is 6.01. The van der Waals surface area contributed by atoms with Crippen LogP contribution in [-0.4, -0.2) is 40.5 Å². The number of ether oxygens (including phenoxy) is 2. The number of carboxylic acid groups (broad SMARTS) is 2. The minimum absolute atomic E-state index is 0.416. The first-order valence-corrected chi connectivity index (χ1v) is 6.01. The second-order valence-corrected chi connectivity index (χ2v) is 3.96. The van der Waals surface area contributed by atoms with Gasteiger partial charge in [0.15, 0.2) is 0 Å². The van der Waals surface area contributed by atoms with E-state index in [9.17, 15) is 19.2 Å². The molecule has 1 aromatic carbocycles. The maximum atomic E-state index is 11.3. The van der Waals surface area contributed by atoms with E-state index in [4.69, 9.17) is 10.2 Å². The summed E-state index contributed by atoms with van der Waals surface area (Å²) in [6.07, 6.45) is -3.49. The predicted octanol–water partition coefficient (Wildman–Crippen LogP) is 0.418. The number of carbonyl (C=O) groups is 4. The molecule has 22 heavy (non-hydrogen) atoms. The molecule has 9 nitrogen and oxygen atoms in total. The first kappa shape index (κ1) is 17.0. The van der Waals surface area contributed by atoms with Crippen molar-refractivity contribution in [3.8, 4) is 0 Å². The smallest absolute Gasteiger partial charge is 0.329 e. The molecule has 0 heterocycles. The van der Waals surface area contributed by atoms with Crippen molar-refractivity contribution in [1.29, 1.82) is 0 Å². The van der Waals surface area contributed by atoms with Crippen molar-refractivity contribution in [2.24, 2.45) is 0 Å². The Bertz CT molecular complexity index is 526. The standard InChI is InChI=1S/C13H13NO8/c15-9(16)6-11(19)21-13(22-12(20)7-10(17)18)14-8-4-2-1-3-5-8/h1-5,13-14H,6-7H2,(H,15,16)(H,17,18). The van der Waals surface area contributed by atoms with Crippen molar-refractivity contribution >= 4 is 29.6 Å². The molecule has 0 saturated carbocycles. The van der Waals surface area contributed by atoms with E-state index in [1.807, 2.05) is 0 Å². The van der Waals surface area contributed by atoms with Crippen LogP contribution in [0.3, 0.4) is 0 Å². The lowest BCUT2D eigenvalue weighted by Crippen LogP contribution is -2.33. The molecule has 0 bridgehead atoms. The van der Waals surface area contributed by atoms with Crippen LogP contribution in [0, 0.1) is 0 Å². The maximum Gasteiger partial charge on any atom is 0.329 e. The Balaban J connectivity index is 2.71. The number of rotatable bonds is 8. The summed E-state index contributed by atoms with van der Waals surface area (Å²) in [6, 6.07) is 8.16. The largest absolute Gasteiger partial charge is 0.481 e. The lowest BCUT2D eigenvalue weighted by atomic mass is 10.3. The lowest BCUT2D eigenvalue weighted by Gasteiger charge is -2.19. The van der Waals surface area contributed by atoms with Gasteiger partial charge in [0.2, 0.25) is 0 Å². The number of esters is 2. The molecule has 0 radical (unpaired) electrons. The summed E-state index contributed by atoms with van der Waals surface area (Å²) in [7, 11) is 0. The Morgan fingerprint density at radius 1 is 0.909 bits per heavy atom. The zero-order chi connectivity index (χ0) is 16.5. The molecule has 3 N–H and O–H groups in total. The molecule has 9 heteroatoms. The van der Waals surface area contributed by atoms with Gasteiger partial charge in [-0.15, -0.1) is 0 Å². The van der Waals surface area contributed by atoms with Crippen molar-refractivity contribution in [2.75, 3.05) is 5.32 Å². The molecule has 1 rings (SSSR count). The number of aliphatic carboxylic acids is 2. The van der Waals surface area contributed by atoms with Crippen LogP contribution >= 0.6 is 0 Å². The van der Waals surface area contributed by atoms with Crippen molar-refractivity contribution < 1.29 is 38.9 Å². The summed E-state index contributed by atoms with van der Waals surface area (Å²) in [5, 5.41) is 19.5. The zero-order valence-corrected chi connectivity index (χ0v) is 11.2. The molecule has 0 spiro atoms. The molecule has 0 fully saturated rings. The summed E-state index contributed by atoms with van der Waals surface area (Å²) in [4.78, 5) is 43.4. The molecule has 1 aromatic rings. The number of carboxylic acids is 2. The fraction of sp³-hybridized carbons (Fsp3) is 0.231. The zero-order valence-electron chi connectivity index (χ0n) is 11.2. The van der Waals surface area contributed by atoms with E-state index in [2.05, 4.69) is 14.8 Å². The average molecular weight is 311 g/mol. The van der Waals surface area contributed by atoms with Crippen LogP contribution in [0.2, 0.25) is 0 Å². The van der Waals surface area contributed by atoms with E-state index in [1.54, 1.807) is 30.3 Å². The predicted molar refractivity (Wildman–Crippen MR) is 70.5 cm³/mol. The Morgan fingerprint density at radius 3 is 1.77 bits per heavy atom. The summed E-state index contributed by atoms with van der Waals surface area (Å²) < 4.78 is 9.30. The fourth-order valence-electron chi connectivity index (χ4n) is 1.32. The number of carbonyl (C=O) groups excluding carboxylic acids is 2. The number of benzene rings is 1. The van der Waals surface area contributed by atoms with Crippen molar-refractivity contribution in [3.63, 3.8) is 0 Å². The average Bonchev–Trinajstić information content (AvgIpc) is 2.37. The molecule has 0 aliphatic heterocycles. The number of nitrogens with one attached hydrogen (secondary N) is 1. The normalized spacial score (nSPS) is 9.86. The van der Waals surface area contributed by atoms with Gasteiger partial charge < -0.3 is 25.0 Å². The van der Waals surface area contributed by atoms with Crippen LogP contribution in [-0.2, 0) is 28.7 Å². The van der Waals surface area contributed by atoms with E-state index >= 15 is 0 Å². The monoisotopic (exact) mass is 311 g/mol. The van der Waals surface area contributed by atoms with Gasteiger partial charge in [-0.2, -0.15) is 0 Å². The topological polar surface area (TPSA) is 139 Å². The van der Waals surface area contributed by atoms with Gasteiger partial charge in [0, 0.05) is 5.69 Å². The van der Waals surface area contributed by atoms with Gasteiger partial charge in [0.25, 0.3) is 0 Å². The highest BCUT2D eigenvalue weighted by atomic mass is 16.7. The second-order valence-electron chi connectivity index (χ2n) is 3.96. The van der Waals surface area contributed by atoms with Gasteiger partial charge in [-0.05, 0) is 12.1 Å². The van der Waals surface area contributed by atoms with Gasteiger partial charge in [0.05, 0.1) is 0 Å². The number of hydrogen-bond acceptors (Lipinski definition) is 7. The number of para-hydroxylation sites is 1. The first-order chi connectivity index (χ1) is 10.4. The van der Waals surface area contributed by atoms with Crippen molar-refractivity contribution in [1.82, 2.24) is 0 Å². The highest BCUT2D eigenvalue weighted by Gasteiger charge is 2.21. The highest BCUT2D eigenvalue weighted by Crippen LogP contribution is 2.10. The molecule has 118 valence electrons. The Hall–Kier alpha value is -3.10. The van der Waals surface area contributed by atoms with Crippen LogP contribution in [0.15, 0.2) is 30.3 Å². The summed E-state index contributed by atoms with van der Waals surface area (Å²) in [5.41, 5.74) is 0.416. The summed E-state index contributed by atoms with van der Waals surface area (Å²) in [6.45, 7) is 0. The third kappa shape index (κ3) is 6.89. The van der Waals surface area contributed by atoms with Crippen LogP contribution in [0.4, 0.5) is 5.69 Å². The quantitative estimate of drug-likeness (QED) is 0.354. The van der Waals surface area contributed by atoms with Gasteiger partial charge in [-0.3, -0.25) is 19.2 Å². The van der Waals surface area contributed by atoms with E-state index in [1.165, 1.54) is 0 Å². The lowest BCUT2D eigenvalue weighted by molar-refractivity contribution is -0.183. The fourth-order valence-corrected chi connectivity index (χ4v) is 1.32. The maximum absolute atomic E-state index is 11.3. The van der Waals surface area contributed by atoms with Crippen LogP contribution in [0.25, 0.3) is 0 Å². The molecular formula is C13H13NO8. The Kier molecular flexibility index (Phi) is 6.35. The van der Waals surface area contributed by atoms with E-state index in [0.717, 1.165) is 0 Å². The van der Waals surface area contributed by atoms with Crippen LogP contribution in [0.5, 0.6) is 0 Å². The third-order valence-corrected chi connectivity index (χ3v) is 2.13. The van der Waals surface area contributed by atoms with Gasteiger partial charge in [-0.25, -0.2) is 0 Å². The number of hydrogen-bond donors (Lipinski definition) is 3. The Labute approximate surface area is 124 Å². The molecule has 0 saturated heterocycles. The van der Waals surface area contributed by atoms with E-state index < -0.39 is 43.1 Å². The van der Waals surface area contributed by atoms with Gasteiger partial charge in [0.1, 0.15) is 12.8 Å². The van der Waals surface area contributed by atoms with Crippen molar-refractivity contribution in [3.05, 3.63) is 30.3 Å². The molecule has 0 unspecified atom stereocenters. The minimum Gasteiger partial charge on any atom is -0.481 e. The molecule has 0 aromatic heterocycles. The van der Waals surface area contributed by atoms with E-state index in [0.29, 0.717) is 5.69 Å². The second kappa shape index (κ2) is 8.25. The number of anilines is 1. The molecule has 0 amide bonds. The Morgan fingerprint density at radius 2 is 1.36 bits per heavy atom. The molecule has 0 aliphatic carbocycles. The van der Waals surface area contributed by atoms with Gasteiger partial charge in [-0.1, -0.05) is 18.2 Å². The highest BCUT2D eigenvalue weighted by molar-refractivity contribution is 5.91. The van der Waals surface area contributed by atoms with Crippen LogP contribution in [0.1, 0.15) is 12.8 Å². The van der Waals surface area contributed by atoms with Crippen molar-refractivity contribution in [2.45, 2.75) is 19.3 Å². The molecule has 0 atom stereocenters. The SMILES string of the molecule is O=C(O)CC(=O)OC(Nc1ccccc1)OC(=O)CC(=O)O. The summed E-state index contributed by atoms with van der Waals surface area (Å²) in [5.74, 6) is -5.13. The van der Waals surface area contributed by atoms with Crippen LogP contribution < -0.4 is 5.32 Å². The minimum atomic E-state index is -1.64. The van der Waals surface area contributed by atoms with E-state index in [-0.39, 0.29) is 0 Å². The third-order valence-electron chi connectivity index (χ3n) is 2.13.